The number of ether oxygens (including phenoxy) is 1. The van der Waals surface area contributed by atoms with Crippen LogP contribution in [-0.4, -0.2) is 12.5 Å². The minimum atomic E-state index is -0.154. The standard InChI is InChI=1S/C16H18N2O2/c1-12(13-5-3-2-4-6-13)18-16(19)11-20-15-9-7-14(17)8-10-15/h2-10,12H,11,17H2,1H3,(H,18,19). The molecule has 0 fully saturated rings. The molecular formula is C16H18N2O2. The van der Waals surface area contributed by atoms with Gasteiger partial charge in [0, 0.05) is 5.69 Å². The number of hydrogen-bond acceptors (Lipinski definition) is 3. The molecule has 2 aromatic carbocycles. The molecule has 0 spiro atoms. The van der Waals surface area contributed by atoms with Gasteiger partial charge in [-0.2, -0.15) is 0 Å². The minimum Gasteiger partial charge on any atom is -0.484 e. The van der Waals surface area contributed by atoms with Gasteiger partial charge in [-0.1, -0.05) is 30.3 Å². The lowest BCUT2D eigenvalue weighted by molar-refractivity contribution is -0.123. The van der Waals surface area contributed by atoms with Gasteiger partial charge >= 0.3 is 0 Å². The van der Waals surface area contributed by atoms with Crippen LogP contribution in [0.4, 0.5) is 5.69 Å². The summed E-state index contributed by atoms with van der Waals surface area (Å²) < 4.78 is 5.39. The van der Waals surface area contributed by atoms with E-state index in [1.54, 1.807) is 24.3 Å². The monoisotopic (exact) mass is 270 g/mol. The molecule has 0 aliphatic heterocycles. The summed E-state index contributed by atoms with van der Waals surface area (Å²) in [5.74, 6) is 0.472. The van der Waals surface area contributed by atoms with Crippen molar-refractivity contribution in [2.45, 2.75) is 13.0 Å². The Morgan fingerprint density at radius 2 is 1.80 bits per heavy atom. The first-order valence-corrected chi connectivity index (χ1v) is 6.48. The lowest BCUT2D eigenvalue weighted by Gasteiger charge is -2.14. The van der Waals surface area contributed by atoms with Crippen LogP contribution < -0.4 is 15.8 Å². The lowest BCUT2D eigenvalue weighted by atomic mass is 10.1. The molecule has 2 rings (SSSR count). The zero-order valence-electron chi connectivity index (χ0n) is 11.4. The van der Waals surface area contributed by atoms with E-state index in [-0.39, 0.29) is 18.6 Å². The van der Waals surface area contributed by atoms with E-state index < -0.39 is 0 Å². The average molecular weight is 270 g/mol. The van der Waals surface area contributed by atoms with Crippen molar-refractivity contribution in [1.29, 1.82) is 0 Å². The Morgan fingerprint density at radius 3 is 2.45 bits per heavy atom. The molecule has 0 aliphatic rings. The SMILES string of the molecule is CC(NC(=O)COc1ccc(N)cc1)c1ccccc1. The Bertz CT molecular complexity index is 552. The number of amides is 1. The van der Waals surface area contributed by atoms with Gasteiger partial charge in [0.1, 0.15) is 5.75 Å². The Morgan fingerprint density at radius 1 is 1.15 bits per heavy atom. The Labute approximate surface area is 118 Å². The van der Waals surface area contributed by atoms with Crippen molar-refractivity contribution in [1.82, 2.24) is 5.32 Å². The van der Waals surface area contributed by atoms with Crippen molar-refractivity contribution < 1.29 is 9.53 Å². The van der Waals surface area contributed by atoms with Gasteiger partial charge in [-0.25, -0.2) is 0 Å². The van der Waals surface area contributed by atoms with E-state index in [1.807, 2.05) is 37.3 Å². The molecular weight excluding hydrogens is 252 g/mol. The Kier molecular flexibility index (Phi) is 4.60. The molecule has 20 heavy (non-hydrogen) atoms. The molecule has 0 bridgehead atoms. The molecule has 1 unspecified atom stereocenters. The molecule has 4 nitrogen and oxygen atoms in total. The number of nitrogens with two attached hydrogens (primary N) is 1. The first-order valence-electron chi connectivity index (χ1n) is 6.48. The second-order valence-electron chi connectivity index (χ2n) is 4.56. The third kappa shape index (κ3) is 4.02. The van der Waals surface area contributed by atoms with Gasteiger partial charge < -0.3 is 15.8 Å². The number of nitrogen functional groups attached to an aromatic ring is 1. The molecule has 104 valence electrons. The molecule has 0 aromatic heterocycles. The number of benzene rings is 2. The van der Waals surface area contributed by atoms with E-state index in [2.05, 4.69) is 5.32 Å². The number of carbonyl (C=O) groups excluding carboxylic acids is 1. The van der Waals surface area contributed by atoms with Gasteiger partial charge in [0.25, 0.3) is 5.91 Å². The van der Waals surface area contributed by atoms with E-state index >= 15 is 0 Å². The van der Waals surface area contributed by atoms with Crippen LogP contribution in [-0.2, 0) is 4.79 Å². The van der Waals surface area contributed by atoms with E-state index in [0.29, 0.717) is 11.4 Å². The predicted molar refractivity (Wildman–Crippen MR) is 79.3 cm³/mol. The first-order chi connectivity index (χ1) is 9.65. The second-order valence-corrected chi connectivity index (χ2v) is 4.56. The van der Waals surface area contributed by atoms with Gasteiger partial charge in [0.05, 0.1) is 6.04 Å². The topological polar surface area (TPSA) is 64.3 Å². The van der Waals surface area contributed by atoms with Crippen molar-refractivity contribution in [3.05, 3.63) is 60.2 Å². The van der Waals surface area contributed by atoms with Crippen LogP contribution in [0, 0.1) is 0 Å². The summed E-state index contributed by atoms with van der Waals surface area (Å²) in [6, 6.07) is 16.7. The third-order valence-electron chi connectivity index (χ3n) is 2.93. The predicted octanol–water partition coefficient (Wildman–Crippen LogP) is 2.53. The first kappa shape index (κ1) is 13.9. The quantitative estimate of drug-likeness (QED) is 0.821. The van der Waals surface area contributed by atoms with Gasteiger partial charge in [-0.15, -0.1) is 0 Å². The molecule has 3 N–H and O–H groups in total. The summed E-state index contributed by atoms with van der Waals surface area (Å²) in [7, 11) is 0. The zero-order chi connectivity index (χ0) is 14.4. The average Bonchev–Trinajstić information content (AvgIpc) is 2.47. The summed E-state index contributed by atoms with van der Waals surface area (Å²) in [5, 5.41) is 2.89. The molecule has 4 heteroatoms. The maximum Gasteiger partial charge on any atom is 0.258 e. The number of nitrogens with one attached hydrogen (secondary N) is 1. The highest BCUT2D eigenvalue weighted by Gasteiger charge is 2.09. The third-order valence-corrected chi connectivity index (χ3v) is 2.93. The number of hydrogen-bond donors (Lipinski definition) is 2. The maximum atomic E-state index is 11.8. The smallest absolute Gasteiger partial charge is 0.258 e. The fourth-order valence-corrected chi connectivity index (χ4v) is 1.82. The highest BCUT2D eigenvalue weighted by Crippen LogP contribution is 2.13. The van der Waals surface area contributed by atoms with Gasteiger partial charge in [0.15, 0.2) is 6.61 Å². The van der Waals surface area contributed by atoms with Crippen molar-refractivity contribution in [2.75, 3.05) is 12.3 Å². The number of anilines is 1. The minimum absolute atomic E-state index is 0.0128. The van der Waals surface area contributed by atoms with Crippen LogP contribution in [0.1, 0.15) is 18.5 Å². The van der Waals surface area contributed by atoms with Crippen LogP contribution in [0.3, 0.4) is 0 Å². The molecule has 1 atom stereocenters. The van der Waals surface area contributed by atoms with E-state index in [0.717, 1.165) is 5.56 Å². The van der Waals surface area contributed by atoms with Crippen LogP contribution in [0.5, 0.6) is 5.75 Å². The molecule has 2 aromatic rings. The summed E-state index contributed by atoms with van der Waals surface area (Å²) in [6.45, 7) is 1.93. The Hall–Kier alpha value is -2.49. The molecule has 0 saturated heterocycles. The van der Waals surface area contributed by atoms with Crippen LogP contribution in [0.2, 0.25) is 0 Å². The van der Waals surface area contributed by atoms with E-state index in [4.69, 9.17) is 10.5 Å². The molecule has 0 heterocycles. The fourth-order valence-electron chi connectivity index (χ4n) is 1.82. The largest absolute Gasteiger partial charge is 0.484 e. The van der Waals surface area contributed by atoms with E-state index in [1.165, 1.54) is 0 Å². The van der Waals surface area contributed by atoms with E-state index in [9.17, 15) is 4.79 Å². The molecule has 0 aliphatic carbocycles. The normalized spacial score (nSPS) is 11.7. The highest BCUT2D eigenvalue weighted by atomic mass is 16.5. The van der Waals surface area contributed by atoms with Crippen molar-refractivity contribution in [3.8, 4) is 5.75 Å². The maximum absolute atomic E-state index is 11.8. The number of carbonyl (C=O) groups is 1. The highest BCUT2D eigenvalue weighted by molar-refractivity contribution is 5.78. The Balaban J connectivity index is 1.82. The summed E-state index contributed by atoms with van der Waals surface area (Å²) >= 11 is 0. The molecule has 0 saturated carbocycles. The molecule has 0 radical (unpaired) electrons. The second kappa shape index (κ2) is 6.61. The zero-order valence-corrected chi connectivity index (χ0v) is 11.4. The van der Waals surface area contributed by atoms with Gasteiger partial charge in [-0.05, 0) is 36.8 Å². The van der Waals surface area contributed by atoms with Gasteiger partial charge in [0.2, 0.25) is 0 Å². The van der Waals surface area contributed by atoms with Gasteiger partial charge in [-0.3, -0.25) is 4.79 Å². The summed E-state index contributed by atoms with van der Waals surface area (Å²) in [6.07, 6.45) is 0. The van der Waals surface area contributed by atoms with Crippen LogP contribution in [0.15, 0.2) is 54.6 Å². The van der Waals surface area contributed by atoms with Crippen LogP contribution >= 0.6 is 0 Å². The number of rotatable bonds is 5. The van der Waals surface area contributed by atoms with Crippen molar-refractivity contribution in [2.24, 2.45) is 0 Å². The van der Waals surface area contributed by atoms with Crippen LogP contribution in [0.25, 0.3) is 0 Å². The summed E-state index contributed by atoms with van der Waals surface area (Å²) in [5.41, 5.74) is 7.31. The summed E-state index contributed by atoms with van der Waals surface area (Å²) in [4.78, 5) is 11.8. The lowest BCUT2D eigenvalue weighted by Crippen LogP contribution is -2.31. The van der Waals surface area contributed by atoms with Crippen molar-refractivity contribution in [3.63, 3.8) is 0 Å². The molecule has 1 amide bonds. The fraction of sp³-hybridized carbons (Fsp3) is 0.188. The van der Waals surface area contributed by atoms with Crippen molar-refractivity contribution >= 4 is 11.6 Å².